The molecule has 2 fully saturated rings. The monoisotopic (exact) mass is 345 g/mol. The van der Waals surface area contributed by atoms with Crippen LogP contribution in [-0.2, 0) is 0 Å². The standard InChI is InChI=1S/C19H31N5O/c1-16(15-23-12-10-22(2)11-13-23)21-17-6-7-20-18(14-17)19(25)24-8-4-3-5-9-24/h6-7,14,16H,3-5,8-13,15H2,1-2H3,(H,20,21). The molecule has 2 saturated heterocycles. The summed E-state index contributed by atoms with van der Waals surface area (Å²) < 4.78 is 0. The van der Waals surface area contributed by atoms with Gasteiger partial charge < -0.3 is 15.1 Å². The van der Waals surface area contributed by atoms with Crippen LogP contribution < -0.4 is 5.32 Å². The summed E-state index contributed by atoms with van der Waals surface area (Å²) in [6, 6.07) is 4.19. The van der Waals surface area contributed by atoms with Gasteiger partial charge in [0.25, 0.3) is 5.91 Å². The van der Waals surface area contributed by atoms with Crippen LogP contribution in [0.5, 0.6) is 0 Å². The maximum absolute atomic E-state index is 12.6. The minimum Gasteiger partial charge on any atom is -0.381 e. The van der Waals surface area contributed by atoms with Crippen molar-refractivity contribution in [3.63, 3.8) is 0 Å². The second-order valence-corrected chi connectivity index (χ2v) is 7.43. The molecular weight excluding hydrogens is 314 g/mol. The number of carbonyl (C=O) groups is 1. The van der Waals surface area contributed by atoms with E-state index in [-0.39, 0.29) is 5.91 Å². The Balaban J connectivity index is 1.54. The van der Waals surface area contributed by atoms with Crippen LogP contribution in [0.1, 0.15) is 36.7 Å². The van der Waals surface area contributed by atoms with Crippen LogP contribution in [0.15, 0.2) is 18.3 Å². The summed E-state index contributed by atoms with van der Waals surface area (Å²) in [5.41, 5.74) is 1.54. The Hall–Kier alpha value is -1.66. The molecule has 0 aliphatic carbocycles. The number of rotatable bonds is 5. The summed E-state index contributed by atoms with van der Waals surface area (Å²) >= 11 is 0. The summed E-state index contributed by atoms with van der Waals surface area (Å²) in [4.78, 5) is 23.7. The van der Waals surface area contributed by atoms with Crippen LogP contribution in [0.2, 0.25) is 0 Å². The number of carbonyl (C=O) groups excluding carboxylic acids is 1. The Labute approximate surface area is 151 Å². The second-order valence-electron chi connectivity index (χ2n) is 7.43. The van der Waals surface area contributed by atoms with Crippen molar-refractivity contribution in [2.75, 3.05) is 58.2 Å². The van der Waals surface area contributed by atoms with Gasteiger partial charge in [-0.15, -0.1) is 0 Å². The van der Waals surface area contributed by atoms with E-state index in [0.29, 0.717) is 11.7 Å². The van der Waals surface area contributed by atoms with Crippen LogP contribution >= 0.6 is 0 Å². The van der Waals surface area contributed by atoms with Gasteiger partial charge in [-0.05, 0) is 45.4 Å². The average molecular weight is 345 g/mol. The van der Waals surface area contributed by atoms with Crippen molar-refractivity contribution in [2.24, 2.45) is 0 Å². The molecule has 1 unspecified atom stereocenters. The number of likely N-dealkylation sites (tertiary alicyclic amines) is 1. The van der Waals surface area contributed by atoms with Gasteiger partial charge >= 0.3 is 0 Å². The third kappa shape index (κ3) is 5.16. The highest BCUT2D eigenvalue weighted by atomic mass is 16.2. The van der Waals surface area contributed by atoms with Gasteiger partial charge in [0.2, 0.25) is 0 Å². The van der Waals surface area contributed by atoms with Crippen molar-refractivity contribution in [3.05, 3.63) is 24.0 Å². The normalized spacial score (nSPS) is 21.1. The van der Waals surface area contributed by atoms with Gasteiger partial charge in [0, 0.05) is 63.7 Å². The number of hydrogen-bond acceptors (Lipinski definition) is 5. The summed E-state index contributed by atoms with van der Waals surface area (Å²) in [7, 11) is 2.18. The number of aromatic nitrogens is 1. The van der Waals surface area contributed by atoms with Crippen LogP contribution in [0.25, 0.3) is 0 Å². The van der Waals surface area contributed by atoms with Gasteiger partial charge in [0.15, 0.2) is 0 Å². The lowest BCUT2D eigenvalue weighted by atomic mass is 10.1. The van der Waals surface area contributed by atoms with Crippen LogP contribution in [0.4, 0.5) is 5.69 Å². The number of amides is 1. The van der Waals surface area contributed by atoms with Crippen molar-refractivity contribution in [2.45, 2.75) is 32.2 Å². The average Bonchev–Trinajstić information content (AvgIpc) is 2.64. The molecule has 1 aromatic rings. The Morgan fingerprint density at radius 2 is 1.88 bits per heavy atom. The van der Waals surface area contributed by atoms with Gasteiger partial charge in [0.1, 0.15) is 5.69 Å². The largest absolute Gasteiger partial charge is 0.381 e. The predicted octanol–water partition coefficient (Wildman–Crippen LogP) is 1.76. The molecule has 3 rings (SSSR count). The molecule has 1 atom stereocenters. The Morgan fingerprint density at radius 1 is 1.16 bits per heavy atom. The van der Waals surface area contributed by atoms with Crippen LogP contribution in [0, 0.1) is 0 Å². The van der Waals surface area contributed by atoms with Crippen LogP contribution in [-0.4, -0.2) is 84.5 Å². The molecule has 6 nitrogen and oxygen atoms in total. The van der Waals surface area contributed by atoms with Crippen LogP contribution in [0.3, 0.4) is 0 Å². The zero-order chi connectivity index (χ0) is 17.6. The molecular formula is C19H31N5O. The Morgan fingerprint density at radius 3 is 2.60 bits per heavy atom. The molecule has 6 heteroatoms. The number of hydrogen-bond donors (Lipinski definition) is 1. The maximum Gasteiger partial charge on any atom is 0.272 e. The summed E-state index contributed by atoms with van der Waals surface area (Å²) in [5, 5.41) is 3.53. The quantitative estimate of drug-likeness (QED) is 0.881. The van der Waals surface area contributed by atoms with E-state index < -0.39 is 0 Å². The number of likely N-dealkylation sites (N-methyl/N-ethyl adjacent to an activating group) is 1. The number of anilines is 1. The van der Waals surface area contributed by atoms with Gasteiger partial charge in [-0.25, -0.2) is 0 Å². The second kappa shape index (κ2) is 8.63. The topological polar surface area (TPSA) is 51.7 Å². The fourth-order valence-electron chi connectivity index (χ4n) is 3.64. The highest BCUT2D eigenvalue weighted by molar-refractivity contribution is 5.93. The maximum atomic E-state index is 12.6. The molecule has 1 N–H and O–H groups in total. The van der Waals surface area contributed by atoms with E-state index >= 15 is 0 Å². The third-order valence-electron chi connectivity index (χ3n) is 5.16. The van der Waals surface area contributed by atoms with E-state index in [1.807, 2.05) is 17.0 Å². The first-order valence-electron chi connectivity index (χ1n) is 9.54. The van der Waals surface area contributed by atoms with E-state index in [9.17, 15) is 4.79 Å². The van der Waals surface area contributed by atoms with Gasteiger partial charge in [-0.1, -0.05) is 0 Å². The fourth-order valence-corrected chi connectivity index (χ4v) is 3.64. The molecule has 0 radical (unpaired) electrons. The lowest BCUT2D eigenvalue weighted by molar-refractivity contribution is 0.0718. The van der Waals surface area contributed by atoms with Gasteiger partial charge in [0.05, 0.1) is 0 Å². The van der Waals surface area contributed by atoms with Crippen molar-refractivity contribution in [1.82, 2.24) is 19.7 Å². The Bertz CT molecular complexity index is 565. The highest BCUT2D eigenvalue weighted by Gasteiger charge is 2.20. The molecule has 0 saturated carbocycles. The zero-order valence-corrected chi connectivity index (χ0v) is 15.6. The first-order chi connectivity index (χ1) is 12.1. The number of nitrogens with zero attached hydrogens (tertiary/aromatic N) is 4. The first kappa shape index (κ1) is 18.1. The molecule has 3 heterocycles. The predicted molar refractivity (Wildman–Crippen MR) is 101 cm³/mol. The summed E-state index contributed by atoms with van der Waals surface area (Å²) in [6.07, 6.45) is 5.17. The minimum atomic E-state index is 0.0649. The van der Waals surface area contributed by atoms with E-state index in [0.717, 1.165) is 64.3 Å². The zero-order valence-electron chi connectivity index (χ0n) is 15.6. The molecule has 0 spiro atoms. The summed E-state index contributed by atoms with van der Waals surface area (Å²) in [5.74, 6) is 0.0649. The highest BCUT2D eigenvalue weighted by Crippen LogP contribution is 2.15. The van der Waals surface area contributed by atoms with E-state index in [4.69, 9.17) is 0 Å². The lowest BCUT2D eigenvalue weighted by Gasteiger charge is -2.34. The van der Waals surface area contributed by atoms with E-state index in [1.165, 1.54) is 6.42 Å². The van der Waals surface area contributed by atoms with Crippen molar-refractivity contribution in [1.29, 1.82) is 0 Å². The first-order valence-corrected chi connectivity index (χ1v) is 9.54. The number of pyridine rings is 1. The van der Waals surface area contributed by atoms with Crippen molar-refractivity contribution >= 4 is 11.6 Å². The van der Waals surface area contributed by atoms with E-state index in [2.05, 4.69) is 34.1 Å². The third-order valence-corrected chi connectivity index (χ3v) is 5.16. The van der Waals surface area contributed by atoms with Crippen molar-refractivity contribution in [3.8, 4) is 0 Å². The molecule has 25 heavy (non-hydrogen) atoms. The number of piperidine rings is 1. The molecule has 138 valence electrons. The lowest BCUT2D eigenvalue weighted by Crippen LogP contribution is -2.47. The van der Waals surface area contributed by atoms with Crippen molar-refractivity contribution < 1.29 is 4.79 Å². The minimum absolute atomic E-state index is 0.0649. The number of nitrogens with one attached hydrogen (secondary N) is 1. The molecule has 0 aromatic carbocycles. The number of piperazine rings is 1. The molecule has 1 aromatic heterocycles. The fraction of sp³-hybridized carbons (Fsp3) is 0.684. The molecule has 2 aliphatic rings. The summed E-state index contributed by atoms with van der Waals surface area (Å²) in [6.45, 7) is 9.45. The molecule has 0 bridgehead atoms. The molecule has 2 aliphatic heterocycles. The SMILES string of the molecule is CC(CN1CCN(C)CC1)Nc1ccnc(C(=O)N2CCCCC2)c1. The van der Waals surface area contributed by atoms with E-state index in [1.54, 1.807) is 6.20 Å². The Kier molecular flexibility index (Phi) is 6.26. The van der Waals surface area contributed by atoms with Gasteiger partial charge in [-0.3, -0.25) is 14.7 Å². The molecule has 1 amide bonds. The van der Waals surface area contributed by atoms with Gasteiger partial charge in [-0.2, -0.15) is 0 Å². The smallest absolute Gasteiger partial charge is 0.272 e.